The van der Waals surface area contributed by atoms with Gasteiger partial charge in [0.15, 0.2) is 0 Å². The van der Waals surface area contributed by atoms with Gasteiger partial charge in [0.1, 0.15) is 5.54 Å². The van der Waals surface area contributed by atoms with Crippen molar-refractivity contribution >= 4 is 11.9 Å². The number of carbonyl (C=O) groups is 2. The van der Waals surface area contributed by atoms with E-state index in [1.807, 2.05) is 6.92 Å². The van der Waals surface area contributed by atoms with Crippen LogP contribution in [0.5, 0.6) is 0 Å². The highest BCUT2D eigenvalue weighted by Gasteiger charge is 2.48. The van der Waals surface area contributed by atoms with Crippen molar-refractivity contribution in [3.63, 3.8) is 0 Å². The van der Waals surface area contributed by atoms with Crippen molar-refractivity contribution in [2.75, 3.05) is 6.54 Å². The fourth-order valence-electron chi connectivity index (χ4n) is 3.17. The zero-order chi connectivity index (χ0) is 15.0. The Morgan fingerprint density at radius 2 is 1.75 bits per heavy atom. The second kappa shape index (κ2) is 8.28. The van der Waals surface area contributed by atoms with Crippen molar-refractivity contribution in [3.05, 3.63) is 0 Å². The smallest absolute Gasteiger partial charge is 0.329 e. The Labute approximate surface area is 122 Å². The summed E-state index contributed by atoms with van der Waals surface area (Å²) in [6.45, 7) is 4.66. The number of hydrogen-bond donors (Lipinski definition) is 1. The van der Waals surface area contributed by atoms with E-state index in [1.165, 1.54) is 25.7 Å². The Bertz CT molecular complexity index is 330. The lowest BCUT2D eigenvalue weighted by Gasteiger charge is -2.34. The fourth-order valence-corrected chi connectivity index (χ4v) is 3.17. The van der Waals surface area contributed by atoms with Crippen LogP contribution in [0.3, 0.4) is 0 Å². The molecule has 1 saturated heterocycles. The van der Waals surface area contributed by atoms with Gasteiger partial charge in [0.05, 0.1) is 0 Å². The number of carbonyl (C=O) groups excluding carboxylic acids is 1. The molecular weight excluding hydrogens is 254 g/mol. The average molecular weight is 283 g/mol. The quantitative estimate of drug-likeness (QED) is 0.658. The maximum absolute atomic E-state index is 12.3. The Kier molecular flexibility index (Phi) is 7.03. The Hall–Kier alpha value is -1.06. The highest BCUT2D eigenvalue weighted by atomic mass is 16.4. The van der Waals surface area contributed by atoms with Crippen molar-refractivity contribution in [1.82, 2.24) is 4.90 Å². The van der Waals surface area contributed by atoms with Gasteiger partial charge in [-0.05, 0) is 25.7 Å². The molecule has 0 aromatic rings. The number of carboxylic acids is 1. The van der Waals surface area contributed by atoms with Gasteiger partial charge in [-0.2, -0.15) is 0 Å². The number of carboxylic acid groups (broad SMARTS) is 1. The number of nitrogens with zero attached hydrogens (tertiary/aromatic N) is 1. The molecule has 1 atom stereocenters. The first-order valence-corrected chi connectivity index (χ1v) is 8.12. The van der Waals surface area contributed by atoms with Crippen LogP contribution in [0.15, 0.2) is 0 Å². The van der Waals surface area contributed by atoms with E-state index in [0.717, 1.165) is 19.3 Å². The van der Waals surface area contributed by atoms with E-state index in [0.29, 0.717) is 25.8 Å². The standard InChI is InChI=1S/C16H29NO3/c1-3-5-6-7-8-9-11-14(18)17-13-10-12-16(17,4-2)15(19)20/h3-13H2,1-2H3,(H,19,20). The molecule has 0 aromatic heterocycles. The molecule has 0 aromatic carbocycles. The van der Waals surface area contributed by atoms with E-state index < -0.39 is 11.5 Å². The van der Waals surface area contributed by atoms with Gasteiger partial charge >= 0.3 is 5.97 Å². The van der Waals surface area contributed by atoms with Crippen molar-refractivity contribution in [2.45, 2.75) is 83.6 Å². The van der Waals surface area contributed by atoms with Crippen LogP contribution in [0.4, 0.5) is 0 Å². The largest absolute Gasteiger partial charge is 0.479 e. The SMILES string of the molecule is CCCCCCCCC(=O)N1CCCC1(CC)C(=O)O. The molecule has 0 spiro atoms. The molecule has 1 heterocycles. The lowest BCUT2D eigenvalue weighted by Crippen LogP contribution is -2.52. The first kappa shape index (κ1) is 17.0. The van der Waals surface area contributed by atoms with Crippen LogP contribution in [0.2, 0.25) is 0 Å². The fraction of sp³-hybridized carbons (Fsp3) is 0.875. The molecule has 0 bridgehead atoms. The second-order valence-electron chi connectivity index (χ2n) is 5.86. The van der Waals surface area contributed by atoms with E-state index in [2.05, 4.69) is 6.92 Å². The third-order valence-corrected chi connectivity index (χ3v) is 4.52. The number of hydrogen-bond acceptors (Lipinski definition) is 2. The molecule has 0 aliphatic carbocycles. The Morgan fingerprint density at radius 3 is 2.35 bits per heavy atom. The van der Waals surface area contributed by atoms with Crippen molar-refractivity contribution in [1.29, 1.82) is 0 Å². The number of unbranched alkanes of at least 4 members (excludes halogenated alkanes) is 5. The molecule has 1 N–H and O–H groups in total. The van der Waals surface area contributed by atoms with Crippen molar-refractivity contribution in [2.24, 2.45) is 0 Å². The van der Waals surface area contributed by atoms with Crippen LogP contribution in [0, 0.1) is 0 Å². The summed E-state index contributed by atoms with van der Waals surface area (Å²) >= 11 is 0. The van der Waals surface area contributed by atoms with Crippen LogP contribution in [-0.2, 0) is 9.59 Å². The van der Waals surface area contributed by atoms with Crippen LogP contribution in [-0.4, -0.2) is 34.0 Å². The van der Waals surface area contributed by atoms with Crippen LogP contribution >= 0.6 is 0 Å². The summed E-state index contributed by atoms with van der Waals surface area (Å²) in [5.74, 6) is -0.809. The summed E-state index contributed by atoms with van der Waals surface area (Å²) in [6.07, 6.45) is 9.28. The lowest BCUT2D eigenvalue weighted by molar-refractivity contribution is -0.156. The molecule has 116 valence electrons. The zero-order valence-electron chi connectivity index (χ0n) is 13.0. The maximum Gasteiger partial charge on any atom is 0.329 e. The summed E-state index contributed by atoms with van der Waals surface area (Å²) in [5.41, 5.74) is -0.931. The predicted octanol–water partition coefficient (Wildman–Crippen LogP) is 3.59. The molecule has 20 heavy (non-hydrogen) atoms. The summed E-state index contributed by atoms with van der Waals surface area (Å²) in [5, 5.41) is 9.46. The Balaban J connectivity index is 2.40. The minimum absolute atomic E-state index is 0.0299. The second-order valence-corrected chi connectivity index (χ2v) is 5.86. The van der Waals surface area contributed by atoms with Crippen molar-refractivity contribution in [3.8, 4) is 0 Å². The molecular formula is C16H29NO3. The molecule has 1 unspecified atom stereocenters. The van der Waals surface area contributed by atoms with E-state index in [4.69, 9.17) is 0 Å². The number of rotatable bonds is 9. The highest BCUT2D eigenvalue weighted by Crippen LogP contribution is 2.33. The minimum Gasteiger partial charge on any atom is -0.479 e. The molecule has 1 aliphatic rings. The van der Waals surface area contributed by atoms with Gasteiger partial charge in [-0.1, -0.05) is 46.0 Å². The first-order valence-electron chi connectivity index (χ1n) is 8.12. The van der Waals surface area contributed by atoms with E-state index in [9.17, 15) is 14.7 Å². The van der Waals surface area contributed by atoms with Crippen LogP contribution in [0.25, 0.3) is 0 Å². The average Bonchev–Trinajstić information content (AvgIpc) is 2.87. The minimum atomic E-state index is -0.931. The summed E-state index contributed by atoms with van der Waals surface area (Å²) in [4.78, 5) is 25.4. The molecule has 4 heteroatoms. The molecule has 1 rings (SSSR count). The van der Waals surface area contributed by atoms with Crippen molar-refractivity contribution < 1.29 is 14.7 Å². The van der Waals surface area contributed by atoms with Gasteiger partial charge in [0.25, 0.3) is 0 Å². The summed E-state index contributed by atoms with van der Waals surface area (Å²) in [6, 6.07) is 0. The van der Waals surface area contributed by atoms with Crippen LogP contribution in [0.1, 0.15) is 78.1 Å². The highest BCUT2D eigenvalue weighted by molar-refractivity contribution is 5.87. The number of aliphatic carboxylic acids is 1. The van der Waals surface area contributed by atoms with Gasteiger partial charge in [-0.25, -0.2) is 4.79 Å². The number of amides is 1. The first-order chi connectivity index (χ1) is 9.58. The molecule has 4 nitrogen and oxygen atoms in total. The molecule has 0 radical (unpaired) electrons. The third-order valence-electron chi connectivity index (χ3n) is 4.52. The van der Waals surface area contributed by atoms with E-state index in [-0.39, 0.29) is 5.91 Å². The topological polar surface area (TPSA) is 57.6 Å². The summed E-state index contributed by atoms with van der Waals surface area (Å²) < 4.78 is 0. The van der Waals surface area contributed by atoms with Crippen LogP contribution < -0.4 is 0 Å². The normalized spacial score (nSPS) is 22.2. The predicted molar refractivity (Wildman–Crippen MR) is 79.6 cm³/mol. The Morgan fingerprint density at radius 1 is 1.10 bits per heavy atom. The van der Waals surface area contributed by atoms with Gasteiger partial charge in [-0.3, -0.25) is 4.79 Å². The van der Waals surface area contributed by atoms with Gasteiger partial charge in [0.2, 0.25) is 5.91 Å². The monoisotopic (exact) mass is 283 g/mol. The lowest BCUT2D eigenvalue weighted by atomic mass is 9.92. The molecule has 1 fully saturated rings. The van der Waals surface area contributed by atoms with Gasteiger partial charge in [-0.15, -0.1) is 0 Å². The molecule has 1 aliphatic heterocycles. The third kappa shape index (κ3) is 3.97. The molecule has 0 saturated carbocycles. The molecule has 1 amide bonds. The van der Waals surface area contributed by atoms with Gasteiger partial charge < -0.3 is 10.0 Å². The van der Waals surface area contributed by atoms with E-state index >= 15 is 0 Å². The zero-order valence-corrected chi connectivity index (χ0v) is 13.0. The summed E-state index contributed by atoms with van der Waals surface area (Å²) in [7, 11) is 0. The maximum atomic E-state index is 12.3. The number of likely N-dealkylation sites (tertiary alicyclic amines) is 1. The van der Waals surface area contributed by atoms with Gasteiger partial charge in [0, 0.05) is 13.0 Å². The van der Waals surface area contributed by atoms with E-state index in [1.54, 1.807) is 4.90 Å².